The molecule has 1 aliphatic rings. The van der Waals surface area contributed by atoms with Crippen LogP contribution in [0.5, 0.6) is 5.75 Å². The average molecular weight is 315 g/mol. The molecular formula is C16H20F3NO2. The largest absolute Gasteiger partial charge is 0.573 e. The van der Waals surface area contributed by atoms with Gasteiger partial charge in [-0.05, 0) is 43.6 Å². The van der Waals surface area contributed by atoms with Crippen LogP contribution in [0, 0.1) is 5.92 Å². The lowest BCUT2D eigenvalue weighted by Gasteiger charge is -2.31. The van der Waals surface area contributed by atoms with E-state index in [0.717, 1.165) is 31.5 Å². The van der Waals surface area contributed by atoms with Gasteiger partial charge in [0, 0.05) is 18.9 Å². The highest BCUT2D eigenvalue weighted by molar-refractivity contribution is 5.80. The molecule has 1 heterocycles. The lowest BCUT2D eigenvalue weighted by molar-refractivity contribution is -0.274. The molecule has 0 N–H and O–H groups in total. The van der Waals surface area contributed by atoms with Gasteiger partial charge in [-0.3, -0.25) is 9.69 Å². The minimum atomic E-state index is -4.66. The van der Waals surface area contributed by atoms with Gasteiger partial charge < -0.3 is 4.74 Å². The van der Waals surface area contributed by atoms with Crippen molar-refractivity contribution in [1.29, 1.82) is 0 Å². The molecule has 1 aliphatic heterocycles. The standard InChI is InChI=1S/C16H20F3NO2/c1-2-15(21)13-7-9-20(10-8-13)11-12-3-5-14(6-4-12)22-16(17,18)19/h3-6,13H,2,7-11H2,1H3. The predicted molar refractivity (Wildman–Crippen MR) is 76.4 cm³/mol. The van der Waals surface area contributed by atoms with Gasteiger partial charge in [0.05, 0.1) is 0 Å². The molecule has 0 radical (unpaired) electrons. The quantitative estimate of drug-likeness (QED) is 0.828. The molecule has 2 rings (SSSR count). The summed E-state index contributed by atoms with van der Waals surface area (Å²) < 4.78 is 40.1. The van der Waals surface area contributed by atoms with Crippen molar-refractivity contribution >= 4 is 5.78 Å². The first-order valence-corrected chi connectivity index (χ1v) is 7.47. The van der Waals surface area contributed by atoms with Crippen molar-refractivity contribution in [3.8, 4) is 5.75 Å². The Labute approximate surface area is 128 Å². The zero-order valence-corrected chi connectivity index (χ0v) is 12.5. The van der Waals surface area contributed by atoms with Gasteiger partial charge in [-0.1, -0.05) is 19.1 Å². The molecule has 22 heavy (non-hydrogen) atoms. The third kappa shape index (κ3) is 5.02. The van der Waals surface area contributed by atoms with Gasteiger partial charge in [0.2, 0.25) is 0 Å². The Morgan fingerprint density at radius 1 is 1.23 bits per heavy atom. The van der Waals surface area contributed by atoms with Crippen molar-refractivity contribution in [2.24, 2.45) is 5.92 Å². The fraction of sp³-hybridized carbons (Fsp3) is 0.562. The Hall–Kier alpha value is -1.56. The summed E-state index contributed by atoms with van der Waals surface area (Å²) in [6.45, 7) is 4.26. The molecular weight excluding hydrogens is 295 g/mol. The van der Waals surface area contributed by atoms with Crippen LogP contribution in [-0.4, -0.2) is 30.1 Å². The topological polar surface area (TPSA) is 29.5 Å². The molecule has 1 saturated heterocycles. The van der Waals surface area contributed by atoms with Crippen LogP contribution in [0.3, 0.4) is 0 Å². The number of ketones is 1. The van der Waals surface area contributed by atoms with Crippen molar-refractivity contribution in [3.05, 3.63) is 29.8 Å². The fourth-order valence-electron chi connectivity index (χ4n) is 2.76. The molecule has 1 aromatic rings. The molecule has 6 heteroatoms. The minimum absolute atomic E-state index is 0.170. The first-order chi connectivity index (χ1) is 10.4. The lowest BCUT2D eigenvalue weighted by Crippen LogP contribution is -2.35. The first-order valence-electron chi connectivity index (χ1n) is 7.47. The summed E-state index contributed by atoms with van der Waals surface area (Å²) in [7, 11) is 0. The van der Waals surface area contributed by atoms with Crippen LogP contribution < -0.4 is 4.74 Å². The second-order valence-corrected chi connectivity index (χ2v) is 5.56. The number of hydrogen-bond acceptors (Lipinski definition) is 3. The zero-order valence-electron chi connectivity index (χ0n) is 12.5. The van der Waals surface area contributed by atoms with Crippen LogP contribution in [0.1, 0.15) is 31.7 Å². The van der Waals surface area contributed by atoms with Crippen molar-refractivity contribution in [2.45, 2.75) is 39.1 Å². The SMILES string of the molecule is CCC(=O)C1CCN(Cc2ccc(OC(F)(F)F)cc2)CC1. The van der Waals surface area contributed by atoms with Crippen LogP contribution in [0.25, 0.3) is 0 Å². The number of likely N-dealkylation sites (tertiary alicyclic amines) is 1. The number of carbonyl (C=O) groups is 1. The van der Waals surface area contributed by atoms with E-state index in [1.54, 1.807) is 12.1 Å². The molecule has 0 aliphatic carbocycles. The third-order valence-corrected chi connectivity index (χ3v) is 3.95. The Bertz CT molecular complexity index is 491. The maximum absolute atomic E-state index is 12.1. The molecule has 3 nitrogen and oxygen atoms in total. The van der Waals surface area contributed by atoms with Crippen molar-refractivity contribution in [3.63, 3.8) is 0 Å². The Morgan fingerprint density at radius 3 is 2.32 bits per heavy atom. The van der Waals surface area contributed by atoms with E-state index in [1.807, 2.05) is 6.92 Å². The molecule has 122 valence electrons. The van der Waals surface area contributed by atoms with Crippen LogP contribution in [0.15, 0.2) is 24.3 Å². The van der Waals surface area contributed by atoms with Gasteiger partial charge in [-0.2, -0.15) is 0 Å². The van der Waals surface area contributed by atoms with Gasteiger partial charge in [0.25, 0.3) is 0 Å². The molecule has 0 unspecified atom stereocenters. The van der Waals surface area contributed by atoms with E-state index >= 15 is 0 Å². The smallest absolute Gasteiger partial charge is 0.406 e. The Morgan fingerprint density at radius 2 is 1.82 bits per heavy atom. The Balaban J connectivity index is 1.84. The number of ether oxygens (including phenoxy) is 1. The normalized spacial score (nSPS) is 17.5. The molecule has 0 saturated carbocycles. The Kier molecular flexibility index (Phi) is 5.45. The fourth-order valence-corrected chi connectivity index (χ4v) is 2.76. The first kappa shape index (κ1) is 16.8. The van der Waals surface area contributed by atoms with E-state index in [-0.39, 0.29) is 11.7 Å². The van der Waals surface area contributed by atoms with Gasteiger partial charge in [0.15, 0.2) is 0 Å². The van der Waals surface area contributed by atoms with E-state index in [1.165, 1.54) is 12.1 Å². The molecule has 0 aromatic heterocycles. The van der Waals surface area contributed by atoms with Crippen LogP contribution in [0.4, 0.5) is 13.2 Å². The minimum Gasteiger partial charge on any atom is -0.406 e. The van der Waals surface area contributed by atoms with Crippen LogP contribution in [0.2, 0.25) is 0 Å². The number of hydrogen-bond donors (Lipinski definition) is 0. The zero-order chi connectivity index (χ0) is 16.2. The van der Waals surface area contributed by atoms with Gasteiger partial charge in [0.1, 0.15) is 11.5 Å². The van der Waals surface area contributed by atoms with Crippen molar-refractivity contribution in [2.75, 3.05) is 13.1 Å². The summed E-state index contributed by atoms with van der Waals surface area (Å²) in [6.07, 6.45) is -2.34. The average Bonchev–Trinajstić information content (AvgIpc) is 2.48. The lowest BCUT2D eigenvalue weighted by atomic mass is 9.91. The van der Waals surface area contributed by atoms with E-state index in [2.05, 4.69) is 9.64 Å². The highest BCUT2D eigenvalue weighted by Gasteiger charge is 2.31. The summed E-state index contributed by atoms with van der Waals surface area (Å²) in [5, 5.41) is 0. The molecule has 1 aromatic carbocycles. The van der Waals surface area contributed by atoms with E-state index in [4.69, 9.17) is 0 Å². The number of carbonyl (C=O) groups excluding carboxylic acids is 1. The number of rotatable bonds is 5. The van der Waals surface area contributed by atoms with Crippen LogP contribution in [-0.2, 0) is 11.3 Å². The van der Waals surface area contributed by atoms with E-state index < -0.39 is 6.36 Å². The van der Waals surface area contributed by atoms with Gasteiger partial charge >= 0.3 is 6.36 Å². The predicted octanol–water partition coefficient (Wildman–Crippen LogP) is 3.78. The molecule has 0 bridgehead atoms. The van der Waals surface area contributed by atoms with Crippen molar-refractivity contribution < 1.29 is 22.7 Å². The summed E-state index contributed by atoms with van der Waals surface area (Å²) in [5.41, 5.74) is 0.940. The number of nitrogens with zero attached hydrogens (tertiary/aromatic N) is 1. The van der Waals surface area contributed by atoms with Gasteiger partial charge in [-0.25, -0.2) is 0 Å². The van der Waals surface area contributed by atoms with Crippen LogP contribution >= 0.6 is 0 Å². The second-order valence-electron chi connectivity index (χ2n) is 5.56. The summed E-state index contributed by atoms with van der Waals surface area (Å²) in [4.78, 5) is 13.9. The molecule has 1 fully saturated rings. The summed E-state index contributed by atoms with van der Waals surface area (Å²) in [6, 6.07) is 5.95. The highest BCUT2D eigenvalue weighted by Crippen LogP contribution is 2.24. The van der Waals surface area contributed by atoms with Crippen molar-refractivity contribution in [1.82, 2.24) is 4.90 Å². The van der Waals surface area contributed by atoms with E-state index in [0.29, 0.717) is 18.7 Å². The summed E-state index contributed by atoms with van der Waals surface area (Å²) >= 11 is 0. The second kappa shape index (κ2) is 7.13. The monoisotopic (exact) mass is 315 g/mol. The summed E-state index contributed by atoms with van der Waals surface area (Å²) in [5.74, 6) is 0.292. The van der Waals surface area contributed by atoms with E-state index in [9.17, 15) is 18.0 Å². The van der Waals surface area contributed by atoms with Gasteiger partial charge in [-0.15, -0.1) is 13.2 Å². The maximum atomic E-state index is 12.1. The maximum Gasteiger partial charge on any atom is 0.573 e. The highest BCUT2D eigenvalue weighted by atomic mass is 19.4. The molecule has 0 atom stereocenters. The number of benzene rings is 1. The number of piperidine rings is 1. The third-order valence-electron chi connectivity index (χ3n) is 3.95. The molecule has 0 spiro atoms. The number of alkyl halides is 3. The number of halogens is 3. The number of Topliss-reactive ketones (excluding diaryl/α,β-unsaturated/α-hetero) is 1. The molecule has 0 amide bonds.